The van der Waals surface area contributed by atoms with Gasteiger partial charge in [0.2, 0.25) is 5.91 Å². The van der Waals surface area contributed by atoms with Gasteiger partial charge in [0.05, 0.1) is 27.3 Å². The average Bonchev–Trinajstić information content (AvgIpc) is 2.72. The summed E-state index contributed by atoms with van der Waals surface area (Å²) in [6, 6.07) is 10.7. The third-order valence-corrected chi connectivity index (χ3v) is 5.33. The quantitative estimate of drug-likeness (QED) is 0.697. The van der Waals surface area contributed by atoms with Crippen molar-refractivity contribution in [1.82, 2.24) is 5.32 Å². The fourth-order valence-electron chi connectivity index (χ4n) is 3.94. The van der Waals surface area contributed by atoms with E-state index in [-0.39, 0.29) is 24.4 Å². The van der Waals surface area contributed by atoms with Crippen LogP contribution in [0.2, 0.25) is 0 Å². The van der Waals surface area contributed by atoms with E-state index in [1.165, 1.54) is 23.6 Å². The van der Waals surface area contributed by atoms with Gasteiger partial charge >= 0.3 is 0 Å². The molecular formula is C22H28FN2O4+. The van der Waals surface area contributed by atoms with Gasteiger partial charge in [0.25, 0.3) is 0 Å². The van der Waals surface area contributed by atoms with Gasteiger partial charge in [-0.1, -0.05) is 12.1 Å². The van der Waals surface area contributed by atoms with E-state index in [1.54, 1.807) is 26.4 Å². The Kier molecular flexibility index (Phi) is 7.06. The maximum absolute atomic E-state index is 13.7. The second-order valence-corrected chi connectivity index (χ2v) is 7.16. The SMILES string of the molecule is COCC(=O)NC[C@@H]1c2cc(OC)c(OC)cc2CC[NH+]1Cc1cccc(F)c1. The number of fused-ring (bicyclic) bond motifs is 1. The third-order valence-electron chi connectivity index (χ3n) is 5.33. The fraction of sp³-hybridized carbons (Fsp3) is 0.409. The second kappa shape index (κ2) is 9.71. The van der Waals surface area contributed by atoms with Crippen LogP contribution in [0.15, 0.2) is 36.4 Å². The fourth-order valence-corrected chi connectivity index (χ4v) is 3.94. The van der Waals surface area contributed by atoms with Gasteiger partial charge in [-0.2, -0.15) is 0 Å². The normalized spacial score (nSPS) is 18.1. The van der Waals surface area contributed by atoms with E-state index in [4.69, 9.17) is 14.2 Å². The van der Waals surface area contributed by atoms with Gasteiger partial charge in [-0.3, -0.25) is 4.79 Å². The first-order chi connectivity index (χ1) is 14.0. The number of quaternary nitrogens is 1. The first-order valence-corrected chi connectivity index (χ1v) is 9.65. The van der Waals surface area contributed by atoms with Crippen molar-refractivity contribution in [1.29, 1.82) is 0 Å². The Hall–Kier alpha value is -2.64. The standard InChI is InChI=1S/C22H27FN2O4/c1-27-14-22(26)24-12-19-18-11-21(29-3)20(28-2)10-16(18)7-8-25(19)13-15-5-4-6-17(23)9-15/h4-6,9-11,19H,7-8,12-14H2,1-3H3,(H,24,26)/p+1/t19-/m1/s1. The van der Waals surface area contributed by atoms with Crippen LogP contribution >= 0.6 is 0 Å². The zero-order valence-corrected chi connectivity index (χ0v) is 17.1. The Bertz CT molecular complexity index is 859. The van der Waals surface area contributed by atoms with Crippen LogP contribution in [0, 0.1) is 5.82 Å². The number of hydrogen-bond acceptors (Lipinski definition) is 4. The van der Waals surface area contributed by atoms with Crippen molar-refractivity contribution in [2.75, 3.05) is 41.0 Å². The van der Waals surface area contributed by atoms with Gasteiger partial charge in [-0.05, 0) is 29.8 Å². The maximum atomic E-state index is 13.7. The molecule has 1 aliphatic heterocycles. The van der Waals surface area contributed by atoms with Crippen LogP contribution in [0.3, 0.4) is 0 Å². The molecule has 7 heteroatoms. The summed E-state index contributed by atoms with van der Waals surface area (Å²) in [4.78, 5) is 13.2. The van der Waals surface area contributed by atoms with E-state index >= 15 is 0 Å². The van der Waals surface area contributed by atoms with Crippen molar-refractivity contribution in [3.05, 3.63) is 58.9 Å². The molecule has 0 saturated carbocycles. The number of rotatable bonds is 8. The maximum Gasteiger partial charge on any atom is 0.246 e. The summed E-state index contributed by atoms with van der Waals surface area (Å²) in [6.07, 6.45) is 0.864. The molecule has 0 radical (unpaired) electrons. The minimum absolute atomic E-state index is 0.00243. The first kappa shape index (κ1) is 21.1. The second-order valence-electron chi connectivity index (χ2n) is 7.16. The van der Waals surface area contributed by atoms with Crippen LogP contribution in [0.1, 0.15) is 22.7 Å². The van der Waals surface area contributed by atoms with Crippen molar-refractivity contribution in [2.45, 2.75) is 19.0 Å². The number of carbonyl (C=O) groups excluding carboxylic acids is 1. The molecule has 0 aromatic heterocycles. The third kappa shape index (κ3) is 5.05. The molecule has 1 aliphatic rings. The monoisotopic (exact) mass is 403 g/mol. The molecular weight excluding hydrogens is 375 g/mol. The largest absolute Gasteiger partial charge is 0.493 e. The molecule has 0 fully saturated rings. The molecule has 0 spiro atoms. The lowest BCUT2D eigenvalue weighted by Crippen LogP contribution is -3.12. The lowest BCUT2D eigenvalue weighted by Gasteiger charge is -2.35. The van der Waals surface area contributed by atoms with Gasteiger partial charge in [0.15, 0.2) is 11.5 Å². The van der Waals surface area contributed by atoms with E-state index in [0.717, 1.165) is 24.1 Å². The van der Waals surface area contributed by atoms with Gasteiger partial charge in [-0.25, -0.2) is 4.39 Å². The molecule has 6 nitrogen and oxygen atoms in total. The molecule has 3 rings (SSSR count). The smallest absolute Gasteiger partial charge is 0.246 e. The topological polar surface area (TPSA) is 61.2 Å². The van der Waals surface area contributed by atoms with Gasteiger partial charge < -0.3 is 24.4 Å². The number of carbonyl (C=O) groups is 1. The Morgan fingerprint density at radius 3 is 2.62 bits per heavy atom. The number of benzene rings is 2. The van der Waals surface area contributed by atoms with E-state index < -0.39 is 0 Å². The minimum Gasteiger partial charge on any atom is -0.493 e. The summed E-state index contributed by atoms with van der Waals surface area (Å²) in [5.74, 6) is 0.953. The van der Waals surface area contributed by atoms with Crippen molar-refractivity contribution in [2.24, 2.45) is 0 Å². The summed E-state index contributed by atoms with van der Waals surface area (Å²) in [5.41, 5.74) is 3.21. The first-order valence-electron chi connectivity index (χ1n) is 9.65. The van der Waals surface area contributed by atoms with Crippen molar-refractivity contribution >= 4 is 5.91 Å². The van der Waals surface area contributed by atoms with Crippen LogP contribution in [0.25, 0.3) is 0 Å². The molecule has 1 unspecified atom stereocenters. The van der Waals surface area contributed by atoms with E-state index in [2.05, 4.69) is 5.32 Å². The highest BCUT2D eigenvalue weighted by atomic mass is 19.1. The summed E-state index contributed by atoms with van der Waals surface area (Å²) >= 11 is 0. The molecule has 0 bridgehead atoms. The Labute approximate surface area is 170 Å². The van der Waals surface area contributed by atoms with Gasteiger partial charge in [0, 0.05) is 24.7 Å². The van der Waals surface area contributed by atoms with Crippen LogP contribution in [0.4, 0.5) is 4.39 Å². The number of methoxy groups -OCH3 is 3. The van der Waals surface area contributed by atoms with Crippen molar-refractivity contribution in [3.8, 4) is 11.5 Å². The molecule has 2 aromatic carbocycles. The molecule has 2 N–H and O–H groups in total. The minimum atomic E-state index is -0.240. The molecule has 2 atom stereocenters. The number of ether oxygens (including phenoxy) is 3. The summed E-state index contributed by atoms with van der Waals surface area (Å²) in [5, 5.41) is 2.96. The predicted octanol–water partition coefficient (Wildman–Crippen LogP) is 1.29. The highest BCUT2D eigenvalue weighted by Gasteiger charge is 2.33. The molecule has 156 valence electrons. The van der Waals surface area contributed by atoms with E-state index in [1.807, 2.05) is 18.2 Å². The number of nitrogens with one attached hydrogen (secondary N) is 2. The summed E-state index contributed by atoms with van der Waals surface area (Å²) in [7, 11) is 4.73. The molecule has 1 amide bonds. The average molecular weight is 403 g/mol. The van der Waals surface area contributed by atoms with Crippen LogP contribution in [-0.4, -0.2) is 46.9 Å². The Balaban J connectivity index is 1.91. The number of halogens is 1. The van der Waals surface area contributed by atoms with Crippen LogP contribution in [0.5, 0.6) is 11.5 Å². The van der Waals surface area contributed by atoms with Gasteiger partial charge in [-0.15, -0.1) is 0 Å². The van der Waals surface area contributed by atoms with E-state index in [9.17, 15) is 9.18 Å². The van der Waals surface area contributed by atoms with Gasteiger partial charge in [0.1, 0.15) is 25.0 Å². The molecule has 0 saturated heterocycles. The highest BCUT2D eigenvalue weighted by molar-refractivity contribution is 5.77. The molecule has 2 aromatic rings. The molecule has 1 heterocycles. The summed E-state index contributed by atoms with van der Waals surface area (Å²) < 4.78 is 29.5. The zero-order chi connectivity index (χ0) is 20.8. The Morgan fingerprint density at radius 1 is 1.17 bits per heavy atom. The molecule has 29 heavy (non-hydrogen) atoms. The Morgan fingerprint density at radius 2 is 1.93 bits per heavy atom. The predicted molar refractivity (Wildman–Crippen MR) is 107 cm³/mol. The van der Waals surface area contributed by atoms with Crippen LogP contribution in [-0.2, 0) is 22.5 Å². The van der Waals surface area contributed by atoms with Crippen molar-refractivity contribution < 1.29 is 28.3 Å². The highest BCUT2D eigenvalue weighted by Crippen LogP contribution is 2.34. The van der Waals surface area contributed by atoms with Crippen LogP contribution < -0.4 is 19.7 Å². The summed E-state index contributed by atoms with van der Waals surface area (Å²) in [6.45, 7) is 2.00. The zero-order valence-electron chi connectivity index (χ0n) is 17.1. The lowest BCUT2D eigenvalue weighted by atomic mass is 9.91. The van der Waals surface area contributed by atoms with Crippen molar-refractivity contribution in [3.63, 3.8) is 0 Å². The number of hydrogen-bond donors (Lipinski definition) is 2. The molecule has 0 aliphatic carbocycles. The lowest BCUT2D eigenvalue weighted by molar-refractivity contribution is -0.945. The van der Waals surface area contributed by atoms with E-state index in [0.29, 0.717) is 24.6 Å². The number of amides is 1.